The van der Waals surface area contributed by atoms with E-state index in [0.717, 1.165) is 43.2 Å². The van der Waals surface area contributed by atoms with Crippen LogP contribution in [0.1, 0.15) is 119 Å². The fourth-order valence-corrected chi connectivity index (χ4v) is 12.0. The van der Waals surface area contributed by atoms with Crippen LogP contribution in [0.3, 0.4) is 0 Å². The molecule has 3 aliphatic rings. The van der Waals surface area contributed by atoms with Crippen molar-refractivity contribution >= 4 is 26.3 Å². The summed E-state index contributed by atoms with van der Waals surface area (Å²) in [5, 5.41) is 0. The number of ether oxygens (including phenoxy) is 6. The van der Waals surface area contributed by atoms with Crippen molar-refractivity contribution in [2.45, 2.75) is 175 Å². The quantitative estimate of drug-likeness (QED) is 0.0236. The summed E-state index contributed by atoms with van der Waals surface area (Å²) in [6.45, 7) is 25.8. The average molecular weight is 911 g/mol. The summed E-state index contributed by atoms with van der Waals surface area (Å²) in [5.41, 5.74) is 0.435. The first kappa shape index (κ1) is 53.3. The number of likely N-dealkylation sites (N-methyl/N-ethyl adjacent to an activating group) is 1. The Labute approximate surface area is 386 Å². The number of hydrogen-bond acceptors (Lipinski definition) is 11. The number of piperazine rings is 1. The highest BCUT2D eigenvalue weighted by Gasteiger charge is 2.47. The van der Waals surface area contributed by atoms with Crippen LogP contribution in [-0.4, -0.2) is 124 Å². The van der Waals surface area contributed by atoms with Crippen LogP contribution in [0.5, 0.6) is 0 Å². The number of allylic oxidation sites excluding steroid dienone is 3. The minimum Gasteiger partial charge on any atom is -0.458 e. The zero-order chi connectivity index (χ0) is 47.0. The molecule has 11 unspecified atom stereocenters. The van der Waals surface area contributed by atoms with Gasteiger partial charge >= 0.3 is 18.0 Å². The van der Waals surface area contributed by atoms with Crippen molar-refractivity contribution in [2.24, 2.45) is 17.8 Å². The minimum atomic E-state index is -2.15. The SMILES string of the molecule is CCOC(C)OC1(C)CCC(O[Si](CC)(CC)CC)CC(=O)OC(/C(C)=C/C=C/C(C)CC2OC2C(C)C(CC)OC(=O)c2ccccc2)C(C)/C=C/C1OC(=O)N1CCN(C)CC1. The zero-order valence-electron chi connectivity index (χ0n) is 41.2. The Hall–Kier alpha value is -3.33. The number of nitrogens with zero attached hydrogens (tertiary/aromatic N) is 2. The van der Waals surface area contributed by atoms with Crippen LogP contribution in [-0.2, 0) is 37.6 Å². The molecule has 0 aromatic heterocycles. The molecule has 13 heteroatoms. The molecular weight excluding hydrogens is 829 g/mol. The summed E-state index contributed by atoms with van der Waals surface area (Å²) >= 11 is 0. The number of epoxide rings is 1. The first-order valence-electron chi connectivity index (χ1n) is 24.3. The summed E-state index contributed by atoms with van der Waals surface area (Å²) in [6.07, 6.45) is 9.90. The minimum absolute atomic E-state index is 0.0248. The number of rotatable bonds is 20. The highest BCUT2D eigenvalue weighted by molar-refractivity contribution is 6.73. The molecule has 1 aromatic rings. The van der Waals surface area contributed by atoms with E-state index >= 15 is 0 Å². The van der Waals surface area contributed by atoms with Gasteiger partial charge in [0.2, 0.25) is 0 Å². The van der Waals surface area contributed by atoms with Gasteiger partial charge in [-0.25, -0.2) is 9.59 Å². The predicted octanol–water partition coefficient (Wildman–Crippen LogP) is 10.1. The maximum absolute atomic E-state index is 14.0. The lowest BCUT2D eigenvalue weighted by atomic mass is 9.88. The first-order valence-corrected chi connectivity index (χ1v) is 26.8. The molecular formula is C51H82N2O10Si. The van der Waals surface area contributed by atoms with Gasteiger partial charge in [0.25, 0.3) is 0 Å². The standard InChI is InChI=1S/C51H82N2O10Si/c1-13-43(59-49(55)41-24-19-18-20-25-41)39(9)48-44(58-48)34-36(6)22-21-23-37(7)47-38(8)26-27-45(60-50(56)53-32-30-52(12)31-33-53)51(11,62-40(10)57-14-2)29-28-42(35-46(54)61-47)63-64(15-3,16-4)17-5/h18-27,36,38-40,42-45,47-48H,13-17,28-35H2,1-12H3/b22-21+,27-26+,37-23+. The molecule has 3 heterocycles. The topological polar surface area (TPSA) is 126 Å². The molecule has 3 aliphatic heterocycles. The van der Waals surface area contributed by atoms with Gasteiger partial charge in [-0.3, -0.25) is 4.79 Å². The van der Waals surface area contributed by atoms with Gasteiger partial charge < -0.3 is 42.6 Å². The lowest BCUT2D eigenvalue weighted by molar-refractivity contribution is -0.222. The lowest BCUT2D eigenvalue weighted by Crippen LogP contribution is -2.52. The lowest BCUT2D eigenvalue weighted by Gasteiger charge is -2.41. The molecule has 4 rings (SSSR count). The van der Waals surface area contributed by atoms with Gasteiger partial charge in [-0.2, -0.15) is 0 Å². The molecule has 2 fully saturated rings. The summed E-state index contributed by atoms with van der Waals surface area (Å²) in [6, 6.07) is 11.9. The Morgan fingerprint density at radius 2 is 1.66 bits per heavy atom. The van der Waals surface area contributed by atoms with Gasteiger partial charge in [0.1, 0.15) is 17.8 Å². The Morgan fingerprint density at radius 1 is 0.984 bits per heavy atom. The third-order valence-electron chi connectivity index (χ3n) is 13.7. The van der Waals surface area contributed by atoms with Crippen LogP contribution in [0.15, 0.2) is 66.3 Å². The van der Waals surface area contributed by atoms with Crippen LogP contribution in [0.25, 0.3) is 0 Å². The number of amides is 1. The van der Waals surface area contributed by atoms with Gasteiger partial charge in [0.05, 0.1) is 30.3 Å². The highest BCUT2D eigenvalue weighted by atomic mass is 28.4. The van der Waals surface area contributed by atoms with Crippen molar-refractivity contribution in [3.8, 4) is 0 Å². The van der Waals surface area contributed by atoms with Crippen LogP contribution >= 0.6 is 0 Å². The van der Waals surface area contributed by atoms with Crippen LogP contribution in [0, 0.1) is 17.8 Å². The summed E-state index contributed by atoms with van der Waals surface area (Å²) in [5.74, 6) is -0.615. The van der Waals surface area contributed by atoms with E-state index in [1.165, 1.54) is 0 Å². The second-order valence-corrected chi connectivity index (χ2v) is 23.4. The summed E-state index contributed by atoms with van der Waals surface area (Å²) < 4.78 is 44.6. The van der Waals surface area contributed by atoms with Crippen molar-refractivity contribution in [1.29, 1.82) is 0 Å². The molecule has 2 saturated heterocycles. The fraction of sp³-hybridized carbons (Fsp3) is 0.706. The molecule has 12 nitrogen and oxygen atoms in total. The van der Waals surface area contributed by atoms with Gasteiger partial charge in [-0.1, -0.05) is 91.0 Å². The van der Waals surface area contributed by atoms with Gasteiger partial charge in [0, 0.05) is 44.6 Å². The molecule has 0 aliphatic carbocycles. The van der Waals surface area contributed by atoms with E-state index < -0.39 is 38.5 Å². The molecule has 0 N–H and O–H groups in total. The monoisotopic (exact) mass is 911 g/mol. The Morgan fingerprint density at radius 3 is 2.28 bits per heavy atom. The molecule has 0 radical (unpaired) electrons. The van der Waals surface area contributed by atoms with Crippen molar-refractivity contribution in [2.75, 3.05) is 39.8 Å². The second kappa shape index (κ2) is 25.5. The smallest absolute Gasteiger partial charge is 0.410 e. The number of cyclic esters (lactones) is 1. The van der Waals surface area contributed by atoms with E-state index in [2.05, 4.69) is 52.6 Å². The van der Waals surface area contributed by atoms with E-state index in [9.17, 15) is 14.4 Å². The second-order valence-electron chi connectivity index (χ2n) is 18.7. The Bertz CT molecular complexity index is 1690. The normalized spacial score (nSPS) is 28.8. The molecule has 1 aromatic carbocycles. The molecule has 11 atom stereocenters. The van der Waals surface area contributed by atoms with Crippen molar-refractivity contribution < 1.29 is 47.2 Å². The maximum Gasteiger partial charge on any atom is 0.410 e. The van der Waals surface area contributed by atoms with Gasteiger partial charge in [-0.15, -0.1) is 0 Å². The number of carbonyl (C=O) groups excluding carboxylic acids is 3. The third-order valence-corrected chi connectivity index (χ3v) is 18.4. The molecule has 0 bridgehead atoms. The molecule has 64 heavy (non-hydrogen) atoms. The predicted molar refractivity (Wildman–Crippen MR) is 254 cm³/mol. The van der Waals surface area contributed by atoms with Crippen molar-refractivity contribution in [3.05, 3.63) is 71.8 Å². The van der Waals surface area contributed by atoms with E-state index in [1.54, 1.807) is 17.0 Å². The average Bonchev–Trinajstić information content (AvgIpc) is 4.05. The summed E-state index contributed by atoms with van der Waals surface area (Å²) in [7, 11) is -0.0915. The number of benzene rings is 1. The van der Waals surface area contributed by atoms with E-state index in [0.29, 0.717) is 44.5 Å². The number of hydrogen-bond donors (Lipinski definition) is 0. The molecule has 0 saturated carbocycles. The van der Waals surface area contributed by atoms with Gasteiger partial charge in [-0.05, 0) is 108 Å². The fourth-order valence-electron chi connectivity index (χ4n) is 9.13. The van der Waals surface area contributed by atoms with E-state index in [4.69, 9.17) is 32.8 Å². The molecule has 360 valence electrons. The number of carbonyl (C=O) groups is 3. The Kier molecular flexibility index (Phi) is 21.3. The zero-order valence-corrected chi connectivity index (χ0v) is 42.2. The highest BCUT2D eigenvalue weighted by Crippen LogP contribution is 2.38. The Balaban J connectivity index is 1.56. The maximum atomic E-state index is 14.0. The molecule has 0 spiro atoms. The van der Waals surface area contributed by atoms with Crippen LogP contribution in [0.2, 0.25) is 18.1 Å². The van der Waals surface area contributed by atoms with Crippen LogP contribution in [0.4, 0.5) is 4.79 Å². The van der Waals surface area contributed by atoms with Crippen molar-refractivity contribution in [1.82, 2.24) is 9.80 Å². The first-order chi connectivity index (χ1) is 30.5. The van der Waals surface area contributed by atoms with E-state index in [-0.39, 0.29) is 60.5 Å². The largest absolute Gasteiger partial charge is 0.458 e. The van der Waals surface area contributed by atoms with Crippen molar-refractivity contribution in [3.63, 3.8) is 0 Å². The van der Waals surface area contributed by atoms with Crippen LogP contribution < -0.4 is 0 Å². The van der Waals surface area contributed by atoms with E-state index in [1.807, 2.05) is 84.0 Å². The third kappa shape index (κ3) is 15.6. The molecule has 1 amide bonds. The number of esters is 2. The van der Waals surface area contributed by atoms with Gasteiger partial charge in [0.15, 0.2) is 20.7 Å². The summed E-state index contributed by atoms with van der Waals surface area (Å²) in [4.78, 5) is 44.7.